The van der Waals surface area contributed by atoms with E-state index in [-0.39, 0.29) is 11.8 Å². The molecule has 0 radical (unpaired) electrons. The Balaban J connectivity index is 1.56. The summed E-state index contributed by atoms with van der Waals surface area (Å²) in [6.07, 6.45) is 7.26. The number of fused-ring (bicyclic) bond motifs is 1. The van der Waals surface area contributed by atoms with Gasteiger partial charge < -0.3 is 10.6 Å². The highest BCUT2D eigenvalue weighted by Crippen LogP contribution is 2.34. The smallest absolute Gasteiger partial charge is 0.228 e. The number of nitrogens with zero attached hydrogens (tertiary/aromatic N) is 5. The fraction of sp³-hybridized carbons (Fsp3) is 0.227. The van der Waals surface area contributed by atoms with Gasteiger partial charge in [-0.15, -0.1) is 0 Å². The second kappa shape index (κ2) is 7.22. The van der Waals surface area contributed by atoms with Crippen molar-refractivity contribution in [1.29, 1.82) is 0 Å². The molecule has 8 nitrogen and oxygen atoms in total. The van der Waals surface area contributed by atoms with Gasteiger partial charge in [-0.1, -0.05) is 24.3 Å². The van der Waals surface area contributed by atoms with Gasteiger partial charge >= 0.3 is 0 Å². The fourth-order valence-electron chi connectivity index (χ4n) is 3.51. The van der Waals surface area contributed by atoms with Gasteiger partial charge in [0.15, 0.2) is 0 Å². The van der Waals surface area contributed by atoms with Gasteiger partial charge in [-0.05, 0) is 29.9 Å². The van der Waals surface area contributed by atoms with Crippen LogP contribution in [0, 0.1) is 5.92 Å². The first-order chi connectivity index (χ1) is 14.6. The number of hydrogen-bond acceptors (Lipinski definition) is 6. The van der Waals surface area contributed by atoms with Gasteiger partial charge in [-0.2, -0.15) is 15.0 Å². The van der Waals surface area contributed by atoms with E-state index in [0.29, 0.717) is 5.82 Å². The Hall–Kier alpha value is -3.81. The molecule has 150 valence electrons. The summed E-state index contributed by atoms with van der Waals surface area (Å²) in [4.78, 5) is 22.7. The molecule has 0 unspecified atom stereocenters. The average Bonchev–Trinajstić information content (AvgIpc) is 3.54. The second-order valence-corrected chi connectivity index (χ2v) is 7.45. The maximum Gasteiger partial charge on any atom is 0.228 e. The van der Waals surface area contributed by atoms with Crippen LogP contribution in [-0.4, -0.2) is 37.9 Å². The zero-order chi connectivity index (χ0) is 20.7. The molecule has 1 aromatic carbocycles. The van der Waals surface area contributed by atoms with Gasteiger partial charge in [0.25, 0.3) is 0 Å². The van der Waals surface area contributed by atoms with Crippen molar-refractivity contribution in [2.45, 2.75) is 12.8 Å². The Bertz CT molecular complexity index is 1240. The first-order valence-electron chi connectivity index (χ1n) is 9.87. The van der Waals surface area contributed by atoms with Crippen molar-refractivity contribution in [3.63, 3.8) is 0 Å². The highest BCUT2D eigenvalue weighted by molar-refractivity contribution is 6.04. The molecule has 5 rings (SSSR count). The molecule has 1 aliphatic rings. The quantitative estimate of drug-likeness (QED) is 0.533. The van der Waals surface area contributed by atoms with E-state index in [1.807, 2.05) is 43.6 Å². The van der Waals surface area contributed by atoms with Gasteiger partial charge in [0, 0.05) is 48.9 Å². The molecule has 1 fully saturated rings. The van der Waals surface area contributed by atoms with Crippen LogP contribution in [0.2, 0.25) is 0 Å². The van der Waals surface area contributed by atoms with E-state index >= 15 is 0 Å². The summed E-state index contributed by atoms with van der Waals surface area (Å²) in [6.45, 7) is 0. The van der Waals surface area contributed by atoms with Crippen molar-refractivity contribution in [2.75, 3.05) is 17.7 Å². The molecule has 0 saturated heterocycles. The van der Waals surface area contributed by atoms with E-state index in [1.165, 1.54) is 0 Å². The van der Waals surface area contributed by atoms with Crippen molar-refractivity contribution in [1.82, 2.24) is 25.0 Å². The number of rotatable bonds is 5. The monoisotopic (exact) mass is 399 g/mol. The zero-order valence-corrected chi connectivity index (χ0v) is 16.8. The maximum absolute atomic E-state index is 12.2. The molecule has 3 heterocycles. The van der Waals surface area contributed by atoms with Crippen LogP contribution in [0.4, 0.5) is 11.6 Å². The van der Waals surface area contributed by atoms with Crippen molar-refractivity contribution in [2.24, 2.45) is 13.0 Å². The Labute approximate surface area is 173 Å². The Morgan fingerprint density at radius 3 is 2.47 bits per heavy atom. The number of amides is 1. The minimum absolute atomic E-state index is 0.0413. The minimum atomic E-state index is 0.0413. The van der Waals surface area contributed by atoms with E-state index < -0.39 is 0 Å². The molecule has 4 aromatic rings. The Kier molecular flexibility index (Phi) is 4.39. The van der Waals surface area contributed by atoms with Crippen molar-refractivity contribution in [3.05, 3.63) is 48.9 Å². The summed E-state index contributed by atoms with van der Waals surface area (Å²) in [5, 5.41) is 16.4. The highest BCUT2D eigenvalue weighted by atomic mass is 16.2. The normalized spacial score (nSPS) is 13.4. The molecule has 1 aliphatic carbocycles. The molecule has 30 heavy (non-hydrogen) atoms. The lowest BCUT2D eigenvalue weighted by molar-refractivity contribution is -0.117. The summed E-state index contributed by atoms with van der Waals surface area (Å²) >= 11 is 0. The van der Waals surface area contributed by atoms with Crippen LogP contribution in [-0.2, 0) is 11.8 Å². The minimum Gasteiger partial charge on any atom is -0.373 e. The number of aromatic nitrogens is 5. The van der Waals surface area contributed by atoms with E-state index in [2.05, 4.69) is 30.8 Å². The lowest BCUT2D eigenvalue weighted by Crippen LogP contribution is -2.14. The van der Waals surface area contributed by atoms with Crippen LogP contribution < -0.4 is 10.6 Å². The van der Waals surface area contributed by atoms with E-state index in [1.54, 1.807) is 24.2 Å². The number of hydrogen-bond donors (Lipinski definition) is 2. The molecular formula is C22H21N7O. The van der Waals surface area contributed by atoms with E-state index in [0.717, 1.165) is 51.8 Å². The van der Waals surface area contributed by atoms with Gasteiger partial charge in [0.1, 0.15) is 17.3 Å². The van der Waals surface area contributed by atoms with E-state index in [4.69, 9.17) is 0 Å². The molecule has 3 aromatic heterocycles. The number of nitrogens with one attached hydrogen (secondary N) is 2. The van der Waals surface area contributed by atoms with E-state index in [9.17, 15) is 4.79 Å². The first kappa shape index (κ1) is 18.2. The third-order valence-corrected chi connectivity index (χ3v) is 5.30. The maximum atomic E-state index is 12.2. The van der Waals surface area contributed by atoms with Gasteiger partial charge in [0.2, 0.25) is 5.91 Å². The zero-order valence-electron chi connectivity index (χ0n) is 16.8. The number of benzene rings is 1. The topological polar surface area (TPSA) is 97.6 Å². The molecule has 1 amide bonds. The van der Waals surface area contributed by atoms with Crippen LogP contribution in [0.15, 0.2) is 48.9 Å². The van der Waals surface area contributed by atoms with Crippen LogP contribution in [0.3, 0.4) is 0 Å². The Morgan fingerprint density at radius 1 is 1.03 bits per heavy atom. The molecule has 0 spiro atoms. The second-order valence-electron chi connectivity index (χ2n) is 7.45. The predicted molar refractivity (Wildman–Crippen MR) is 116 cm³/mol. The number of aryl methyl sites for hydroxylation is 1. The molecular weight excluding hydrogens is 378 g/mol. The number of carbonyl (C=O) groups is 1. The summed E-state index contributed by atoms with van der Waals surface area (Å²) in [6, 6.07) is 10.1. The lowest BCUT2D eigenvalue weighted by Gasteiger charge is -2.12. The van der Waals surface area contributed by atoms with Gasteiger partial charge in [0.05, 0.1) is 6.20 Å². The van der Waals surface area contributed by atoms with Crippen molar-refractivity contribution >= 4 is 28.3 Å². The van der Waals surface area contributed by atoms with Crippen LogP contribution in [0.5, 0.6) is 0 Å². The summed E-state index contributed by atoms with van der Waals surface area (Å²) in [7, 11) is 3.63. The summed E-state index contributed by atoms with van der Waals surface area (Å²) < 4.78 is 0. The standard InChI is InChI=1S/C22H21N7O/c1-23-21-18-11-24-20(27-22(30)15-7-8-15)9-16(18)17(10-25-21)13-3-5-14(6-4-13)19-12-26-29(2)28-19/h3-6,9-12,15H,7-8H2,1-2H3,(H,23,25)(H,24,27,30). The van der Waals surface area contributed by atoms with Crippen LogP contribution in [0.1, 0.15) is 12.8 Å². The summed E-state index contributed by atoms with van der Waals surface area (Å²) in [5.41, 5.74) is 3.81. The largest absolute Gasteiger partial charge is 0.373 e. The molecule has 0 bridgehead atoms. The molecule has 8 heteroatoms. The lowest BCUT2D eigenvalue weighted by atomic mass is 9.99. The molecule has 0 aliphatic heterocycles. The molecule has 2 N–H and O–H groups in total. The summed E-state index contributed by atoms with van der Waals surface area (Å²) in [5.74, 6) is 1.48. The van der Waals surface area contributed by atoms with Gasteiger partial charge in [-0.25, -0.2) is 9.97 Å². The number of carbonyl (C=O) groups excluding carboxylic acids is 1. The van der Waals surface area contributed by atoms with Crippen LogP contribution in [0.25, 0.3) is 33.2 Å². The fourth-order valence-corrected chi connectivity index (χ4v) is 3.51. The Morgan fingerprint density at radius 2 is 1.80 bits per heavy atom. The van der Waals surface area contributed by atoms with Crippen LogP contribution >= 0.6 is 0 Å². The average molecular weight is 399 g/mol. The number of anilines is 2. The first-order valence-corrected chi connectivity index (χ1v) is 9.87. The predicted octanol–water partition coefficient (Wildman–Crippen LogP) is 3.48. The highest BCUT2D eigenvalue weighted by Gasteiger charge is 2.29. The third kappa shape index (κ3) is 3.36. The SMILES string of the molecule is CNc1ncc(-c2ccc(-c3cnn(C)n3)cc2)c2cc(NC(=O)C3CC3)ncc12. The van der Waals surface area contributed by atoms with Crippen molar-refractivity contribution < 1.29 is 4.79 Å². The van der Waals surface area contributed by atoms with Crippen molar-refractivity contribution in [3.8, 4) is 22.4 Å². The molecule has 0 atom stereocenters. The van der Waals surface area contributed by atoms with Gasteiger partial charge in [-0.3, -0.25) is 4.79 Å². The number of pyridine rings is 2. The molecule has 1 saturated carbocycles. The third-order valence-electron chi connectivity index (χ3n) is 5.30.